The molecule has 2 rings (SSSR count). The molecule has 98 valence electrons. The van der Waals surface area contributed by atoms with Crippen molar-refractivity contribution >= 4 is 27.5 Å². The van der Waals surface area contributed by atoms with Gasteiger partial charge in [-0.15, -0.1) is 0 Å². The zero-order chi connectivity index (χ0) is 14.0. The van der Waals surface area contributed by atoms with Crippen molar-refractivity contribution in [1.82, 2.24) is 0 Å². The van der Waals surface area contributed by atoms with Crippen LogP contribution in [-0.2, 0) is 0 Å². The minimum absolute atomic E-state index is 0.0231. The lowest BCUT2D eigenvalue weighted by Crippen LogP contribution is -2.14. The van der Waals surface area contributed by atoms with Crippen LogP contribution in [0.4, 0.5) is 14.5 Å². The van der Waals surface area contributed by atoms with Crippen LogP contribution in [0.3, 0.4) is 0 Å². The van der Waals surface area contributed by atoms with Crippen molar-refractivity contribution in [2.75, 3.05) is 5.32 Å². The molecule has 2 aromatic rings. The number of carbonyl (C=O) groups is 1. The number of hydrogen-bond donors (Lipinski definition) is 1. The van der Waals surface area contributed by atoms with Gasteiger partial charge in [-0.05, 0) is 42.8 Å². The van der Waals surface area contributed by atoms with Gasteiger partial charge in [0, 0.05) is 4.47 Å². The molecule has 1 N–H and O–H groups in total. The molecule has 0 aromatic heterocycles. The second kappa shape index (κ2) is 5.48. The molecule has 0 saturated heterocycles. The van der Waals surface area contributed by atoms with Gasteiger partial charge in [-0.1, -0.05) is 22.0 Å². The number of benzene rings is 2. The van der Waals surface area contributed by atoms with Gasteiger partial charge in [-0.2, -0.15) is 0 Å². The fourth-order valence-electron chi connectivity index (χ4n) is 1.58. The molecule has 5 heteroatoms. The highest BCUT2D eigenvalue weighted by atomic mass is 79.9. The van der Waals surface area contributed by atoms with Crippen LogP contribution in [0.25, 0.3) is 0 Å². The van der Waals surface area contributed by atoms with E-state index < -0.39 is 17.5 Å². The Labute approximate surface area is 117 Å². The average Bonchev–Trinajstić information content (AvgIpc) is 2.35. The molecule has 0 unspecified atom stereocenters. The molecule has 0 aliphatic carbocycles. The highest BCUT2D eigenvalue weighted by Crippen LogP contribution is 2.19. The summed E-state index contributed by atoms with van der Waals surface area (Å²) in [5.74, 6) is -1.90. The lowest BCUT2D eigenvalue weighted by atomic mass is 10.1. The predicted molar refractivity (Wildman–Crippen MR) is 73.2 cm³/mol. The second-order valence-electron chi connectivity index (χ2n) is 4.06. The van der Waals surface area contributed by atoms with Crippen molar-refractivity contribution < 1.29 is 13.6 Å². The summed E-state index contributed by atoms with van der Waals surface area (Å²) in [5, 5.41) is 2.35. The van der Waals surface area contributed by atoms with E-state index in [2.05, 4.69) is 21.2 Å². The van der Waals surface area contributed by atoms with Gasteiger partial charge in [-0.25, -0.2) is 8.78 Å². The fraction of sp³-hybridized carbons (Fsp3) is 0.0714. The van der Waals surface area contributed by atoms with Crippen molar-refractivity contribution in [3.05, 3.63) is 63.6 Å². The quantitative estimate of drug-likeness (QED) is 0.876. The Hall–Kier alpha value is -1.75. The molecule has 0 saturated carbocycles. The van der Waals surface area contributed by atoms with E-state index in [0.717, 1.165) is 5.56 Å². The number of halogens is 3. The summed E-state index contributed by atoms with van der Waals surface area (Å²) in [6.07, 6.45) is 0. The maximum absolute atomic E-state index is 13.6. The Bertz CT molecular complexity index is 643. The largest absolute Gasteiger partial charge is 0.319 e. The molecule has 2 aromatic carbocycles. The standard InChI is InChI=1S/C14H10BrF2NO/c1-8-2-5-13(12(17)6-8)18-14(19)10-7-9(15)3-4-11(10)16/h2-7H,1H3,(H,18,19). The van der Waals surface area contributed by atoms with Crippen molar-refractivity contribution in [3.8, 4) is 0 Å². The van der Waals surface area contributed by atoms with Gasteiger partial charge in [-0.3, -0.25) is 4.79 Å². The van der Waals surface area contributed by atoms with Crippen LogP contribution in [0.2, 0.25) is 0 Å². The van der Waals surface area contributed by atoms with Crippen LogP contribution in [-0.4, -0.2) is 5.91 Å². The average molecular weight is 326 g/mol. The Morgan fingerprint density at radius 2 is 1.84 bits per heavy atom. The zero-order valence-corrected chi connectivity index (χ0v) is 11.6. The highest BCUT2D eigenvalue weighted by molar-refractivity contribution is 9.10. The van der Waals surface area contributed by atoms with Crippen molar-refractivity contribution in [1.29, 1.82) is 0 Å². The maximum atomic E-state index is 13.6. The molecule has 2 nitrogen and oxygen atoms in total. The highest BCUT2D eigenvalue weighted by Gasteiger charge is 2.14. The lowest BCUT2D eigenvalue weighted by Gasteiger charge is -2.08. The third kappa shape index (κ3) is 3.17. The van der Waals surface area contributed by atoms with Crippen LogP contribution in [0.5, 0.6) is 0 Å². The Morgan fingerprint density at radius 1 is 1.11 bits per heavy atom. The molecule has 0 spiro atoms. The molecule has 1 amide bonds. The first-order chi connectivity index (χ1) is 8.97. The van der Waals surface area contributed by atoms with Crippen LogP contribution >= 0.6 is 15.9 Å². The first-order valence-electron chi connectivity index (χ1n) is 5.50. The topological polar surface area (TPSA) is 29.1 Å². The van der Waals surface area contributed by atoms with E-state index in [-0.39, 0.29) is 11.3 Å². The summed E-state index contributed by atoms with van der Waals surface area (Å²) in [7, 11) is 0. The predicted octanol–water partition coefficient (Wildman–Crippen LogP) is 4.29. The normalized spacial score (nSPS) is 10.3. The molecule has 0 fully saturated rings. The Kier molecular flexibility index (Phi) is 3.95. The van der Waals surface area contributed by atoms with Gasteiger partial charge in [0.05, 0.1) is 11.3 Å². The monoisotopic (exact) mass is 325 g/mol. The van der Waals surface area contributed by atoms with E-state index in [1.807, 2.05) is 0 Å². The lowest BCUT2D eigenvalue weighted by molar-refractivity contribution is 0.102. The van der Waals surface area contributed by atoms with Gasteiger partial charge in [0.25, 0.3) is 5.91 Å². The Morgan fingerprint density at radius 3 is 2.53 bits per heavy atom. The summed E-state index contributed by atoms with van der Waals surface area (Å²) in [5.41, 5.74) is 0.619. The van der Waals surface area contributed by atoms with E-state index in [1.165, 1.54) is 30.3 Å². The third-order valence-electron chi connectivity index (χ3n) is 2.55. The molecule has 0 atom stereocenters. The summed E-state index contributed by atoms with van der Waals surface area (Å²) in [6, 6.07) is 8.40. The first-order valence-corrected chi connectivity index (χ1v) is 6.29. The van der Waals surface area contributed by atoms with Crippen molar-refractivity contribution in [2.45, 2.75) is 6.92 Å². The number of carbonyl (C=O) groups excluding carboxylic acids is 1. The first kappa shape index (κ1) is 13.7. The zero-order valence-electron chi connectivity index (χ0n) is 10.0. The minimum atomic E-state index is -0.693. The molecular weight excluding hydrogens is 316 g/mol. The van der Waals surface area contributed by atoms with Crippen LogP contribution in [0.15, 0.2) is 40.9 Å². The van der Waals surface area contributed by atoms with E-state index in [4.69, 9.17) is 0 Å². The van der Waals surface area contributed by atoms with E-state index >= 15 is 0 Å². The van der Waals surface area contributed by atoms with E-state index in [1.54, 1.807) is 13.0 Å². The SMILES string of the molecule is Cc1ccc(NC(=O)c2cc(Br)ccc2F)c(F)c1. The van der Waals surface area contributed by atoms with E-state index in [0.29, 0.717) is 4.47 Å². The molecule has 0 aliphatic heterocycles. The van der Waals surface area contributed by atoms with Crippen molar-refractivity contribution in [3.63, 3.8) is 0 Å². The number of amides is 1. The summed E-state index contributed by atoms with van der Waals surface area (Å²) in [6.45, 7) is 1.74. The summed E-state index contributed by atoms with van der Waals surface area (Å²) >= 11 is 3.15. The number of rotatable bonds is 2. The van der Waals surface area contributed by atoms with Gasteiger partial charge < -0.3 is 5.32 Å². The van der Waals surface area contributed by atoms with E-state index in [9.17, 15) is 13.6 Å². The Balaban J connectivity index is 2.28. The molecule has 0 bridgehead atoms. The fourth-order valence-corrected chi connectivity index (χ4v) is 1.94. The number of hydrogen-bond acceptors (Lipinski definition) is 1. The summed E-state index contributed by atoms with van der Waals surface area (Å²) < 4.78 is 27.7. The van der Waals surface area contributed by atoms with Crippen molar-refractivity contribution in [2.24, 2.45) is 0 Å². The molecule has 0 aliphatic rings. The molecule has 0 radical (unpaired) electrons. The minimum Gasteiger partial charge on any atom is -0.319 e. The molecule has 0 heterocycles. The number of anilines is 1. The molecular formula is C14H10BrF2NO. The summed E-state index contributed by atoms with van der Waals surface area (Å²) in [4.78, 5) is 11.9. The van der Waals surface area contributed by atoms with Gasteiger partial charge in [0.15, 0.2) is 0 Å². The number of nitrogens with one attached hydrogen (secondary N) is 1. The third-order valence-corrected chi connectivity index (χ3v) is 3.04. The molecule has 19 heavy (non-hydrogen) atoms. The van der Waals surface area contributed by atoms with Crippen LogP contribution in [0.1, 0.15) is 15.9 Å². The van der Waals surface area contributed by atoms with Gasteiger partial charge >= 0.3 is 0 Å². The smallest absolute Gasteiger partial charge is 0.258 e. The van der Waals surface area contributed by atoms with Gasteiger partial charge in [0.2, 0.25) is 0 Å². The van der Waals surface area contributed by atoms with Crippen LogP contribution in [0, 0.1) is 18.6 Å². The second-order valence-corrected chi connectivity index (χ2v) is 4.98. The maximum Gasteiger partial charge on any atom is 0.258 e. The van der Waals surface area contributed by atoms with Gasteiger partial charge in [0.1, 0.15) is 11.6 Å². The number of aryl methyl sites for hydroxylation is 1. The van der Waals surface area contributed by atoms with Crippen LogP contribution < -0.4 is 5.32 Å².